The average Bonchev–Trinajstić information content (AvgIpc) is 3.28. The molecule has 1 spiro atoms. The lowest BCUT2D eigenvalue weighted by Crippen LogP contribution is -2.73. The van der Waals surface area contributed by atoms with Crippen LogP contribution in [-0.4, -0.2) is 64.0 Å². The standard InChI is InChI=1S/C23H29Cl2N7O2/c24-19-20(27-21(25)29-28-19)31-11-8-17(12-31)13-32-15-23(30-32)9-6-18(7-10-23)26-22(33)34-14-16-4-2-1-3-5-16/h1-5,17-18,30H,6-15H2,(H,26,33)/t17-,18?,23?/m0/s1. The molecule has 1 aromatic heterocycles. The van der Waals surface area contributed by atoms with E-state index in [0.717, 1.165) is 63.8 Å². The molecule has 5 rings (SSSR count). The summed E-state index contributed by atoms with van der Waals surface area (Å²) < 4.78 is 5.36. The lowest BCUT2D eigenvalue weighted by atomic mass is 9.77. The zero-order valence-electron chi connectivity index (χ0n) is 18.9. The van der Waals surface area contributed by atoms with Crippen molar-refractivity contribution in [3.05, 3.63) is 46.3 Å². The van der Waals surface area contributed by atoms with E-state index in [1.807, 2.05) is 30.3 Å². The fourth-order valence-electron chi connectivity index (χ4n) is 5.28. The number of benzene rings is 1. The molecule has 2 saturated heterocycles. The molecule has 2 N–H and O–H groups in total. The van der Waals surface area contributed by atoms with Gasteiger partial charge in [0.15, 0.2) is 11.0 Å². The summed E-state index contributed by atoms with van der Waals surface area (Å²) >= 11 is 12.1. The highest BCUT2D eigenvalue weighted by atomic mass is 35.5. The molecule has 11 heteroatoms. The summed E-state index contributed by atoms with van der Waals surface area (Å²) in [5.74, 6) is 1.14. The minimum Gasteiger partial charge on any atom is -0.445 e. The Balaban J connectivity index is 1.01. The van der Waals surface area contributed by atoms with Gasteiger partial charge in [-0.2, -0.15) is 4.98 Å². The number of carbonyl (C=O) groups is 1. The van der Waals surface area contributed by atoms with Gasteiger partial charge in [-0.05, 0) is 55.2 Å². The van der Waals surface area contributed by atoms with Crippen LogP contribution < -0.4 is 15.6 Å². The van der Waals surface area contributed by atoms with Crippen molar-refractivity contribution in [1.82, 2.24) is 30.9 Å². The summed E-state index contributed by atoms with van der Waals surface area (Å²) in [6, 6.07) is 9.90. The van der Waals surface area contributed by atoms with Gasteiger partial charge in [0.2, 0.25) is 5.28 Å². The molecule has 1 aliphatic carbocycles. The van der Waals surface area contributed by atoms with Crippen molar-refractivity contribution in [2.24, 2.45) is 5.92 Å². The van der Waals surface area contributed by atoms with Crippen molar-refractivity contribution in [2.45, 2.75) is 50.3 Å². The summed E-state index contributed by atoms with van der Waals surface area (Å²) in [7, 11) is 0. The number of aromatic nitrogens is 3. The molecule has 9 nitrogen and oxygen atoms in total. The first-order valence-corrected chi connectivity index (χ1v) is 12.5. The van der Waals surface area contributed by atoms with Crippen molar-refractivity contribution in [3.8, 4) is 0 Å². The van der Waals surface area contributed by atoms with Gasteiger partial charge in [-0.25, -0.2) is 15.2 Å². The van der Waals surface area contributed by atoms with Gasteiger partial charge in [0.25, 0.3) is 0 Å². The SMILES string of the molecule is O=C(NC1CCC2(CC1)CN(C[C@H]1CCN(c3nc(Cl)nnc3Cl)C1)N2)OCc1ccccc1. The van der Waals surface area contributed by atoms with Gasteiger partial charge in [0, 0.05) is 37.8 Å². The van der Waals surface area contributed by atoms with Gasteiger partial charge in [0.1, 0.15) is 6.61 Å². The summed E-state index contributed by atoms with van der Waals surface area (Å²) in [5, 5.41) is 13.3. The first kappa shape index (κ1) is 23.5. The predicted molar refractivity (Wildman–Crippen MR) is 130 cm³/mol. The normalized spacial score (nSPS) is 26.9. The Bertz CT molecular complexity index is 996. The van der Waals surface area contributed by atoms with Crippen LogP contribution in [0.15, 0.2) is 30.3 Å². The molecule has 3 aliphatic rings. The molecule has 0 radical (unpaired) electrons. The largest absolute Gasteiger partial charge is 0.445 e. The summed E-state index contributed by atoms with van der Waals surface area (Å²) in [6.45, 7) is 4.07. The number of halogens is 2. The molecular formula is C23H29Cl2N7O2. The van der Waals surface area contributed by atoms with Crippen LogP contribution in [0, 0.1) is 5.92 Å². The minimum absolute atomic E-state index is 0.115. The molecule has 182 valence electrons. The van der Waals surface area contributed by atoms with Crippen LogP contribution in [0.1, 0.15) is 37.7 Å². The maximum atomic E-state index is 12.2. The molecule has 2 aromatic rings. The molecule has 0 bridgehead atoms. The Morgan fingerprint density at radius 2 is 1.94 bits per heavy atom. The van der Waals surface area contributed by atoms with E-state index in [4.69, 9.17) is 27.9 Å². The van der Waals surface area contributed by atoms with E-state index in [2.05, 4.69) is 35.8 Å². The molecular weight excluding hydrogens is 477 g/mol. The second kappa shape index (κ2) is 10.2. The Kier molecular flexibility index (Phi) is 7.06. The average molecular weight is 506 g/mol. The predicted octanol–water partition coefficient (Wildman–Crippen LogP) is 3.43. The Morgan fingerprint density at radius 3 is 2.71 bits per heavy atom. The molecule has 3 fully saturated rings. The van der Waals surface area contributed by atoms with E-state index in [-0.39, 0.29) is 23.0 Å². The number of hydrazine groups is 1. The number of nitrogens with zero attached hydrogens (tertiary/aromatic N) is 5. The van der Waals surface area contributed by atoms with Crippen molar-refractivity contribution in [3.63, 3.8) is 0 Å². The first-order valence-electron chi connectivity index (χ1n) is 11.8. The van der Waals surface area contributed by atoms with E-state index in [1.165, 1.54) is 0 Å². The summed E-state index contributed by atoms with van der Waals surface area (Å²) in [5.41, 5.74) is 4.86. The molecule has 2 aliphatic heterocycles. The molecule has 0 unspecified atom stereocenters. The van der Waals surface area contributed by atoms with Crippen molar-refractivity contribution >= 4 is 35.1 Å². The van der Waals surface area contributed by atoms with Gasteiger partial charge in [-0.1, -0.05) is 41.9 Å². The maximum Gasteiger partial charge on any atom is 0.407 e. The number of nitrogens with one attached hydrogen (secondary N) is 2. The van der Waals surface area contributed by atoms with Crippen molar-refractivity contribution < 1.29 is 9.53 Å². The molecule has 1 aromatic carbocycles. The minimum atomic E-state index is -0.334. The lowest BCUT2D eigenvalue weighted by molar-refractivity contribution is -0.0646. The van der Waals surface area contributed by atoms with E-state index in [0.29, 0.717) is 23.5 Å². The van der Waals surface area contributed by atoms with Gasteiger partial charge in [-0.15, -0.1) is 10.2 Å². The molecule has 1 atom stereocenters. The van der Waals surface area contributed by atoms with E-state index in [9.17, 15) is 4.79 Å². The van der Waals surface area contributed by atoms with Gasteiger partial charge < -0.3 is 15.0 Å². The number of ether oxygens (including phenoxy) is 1. The number of rotatable bonds is 6. The lowest BCUT2D eigenvalue weighted by Gasteiger charge is -2.55. The van der Waals surface area contributed by atoms with E-state index < -0.39 is 0 Å². The number of anilines is 1. The Hall–Kier alpha value is -2.20. The monoisotopic (exact) mass is 505 g/mol. The maximum absolute atomic E-state index is 12.2. The number of hydrogen-bond donors (Lipinski definition) is 2. The van der Waals surface area contributed by atoms with Crippen molar-refractivity contribution in [1.29, 1.82) is 0 Å². The topological polar surface area (TPSA) is 95.5 Å². The highest BCUT2D eigenvalue weighted by Crippen LogP contribution is 2.36. The zero-order chi connectivity index (χ0) is 23.5. The quantitative estimate of drug-likeness (QED) is 0.616. The van der Waals surface area contributed by atoms with E-state index >= 15 is 0 Å². The summed E-state index contributed by atoms with van der Waals surface area (Å²) in [6.07, 6.45) is 4.74. The fraction of sp³-hybridized carbons (Fsp3) is 0.565. The number of alkyl carbamates (subject to hydrolysis) is 1. The number of carbonyl (C=O) groups excluding carboxylic acids is 1. The molecule has 1 amide bonds. The molecule has 34 heavy (non-hydrogen) atoms. The van der Waals surface area contributed by atoms with Gasteiger partial charge >= 0.3 is 6.09 Å². The third-order valence-electron chi connectivity index (χ3n) is 7.03. The molecule has 3 heterocycles. The van der Waals surface area contributed by atoms with Crippen LogP contribution in [0.5, 0.6) is 0 Å². The highest BCUT2D eigenvalue weighted by Gasteiger charge is 2.45. The van der Waals surface area contributed by atoms with Crippen LogP contribution in [0.4, 0.5) is 10.6 Å². The first-order chi connectivity index (χ1) is 16.5. The van der Waals surface area contributed by atoms with Gasteiger partial charge in [-0.3, -0.25) is 0 Å². The van der Waals surface area contributed by atoms with Crippen molar-refractivity contribution in [2.75, 3.05) is 31.1 Å². The second-order valence-electron chi connectivity index (χ2n) is 9.55. The van der Waals surface area contributed by atoms with Crippen LogP contribution in [0.25, 0.3) is 0 Å². The van der Waals surface area contributed by atoms with Gasteiger partial charge in [0.05, 0.1) is 0 Å². The van der Waals surface area contributed by atoms with Crippen LogP contribution in [0.3, 0.4) is 0 Å². The Morgan fingerprint density at radius 1 is 1.18 bits per heavy atom. The smallest absolute Gasteiger partial charge is 0.407 e. The fourth-order valence-corrected chi connectivity index (χ4v) is 5.60. The number of hydrogen-bond acceptors (Lipinski definition) is 8. The second-order valence-corrected chi connectivity index (χ2v) is 10.2. The third-order valence-corrected chi connectivity index (χ3v) is 7.44. The summed E-state index contributed by atoms with van der Waals surface area (Å²) in [4.78, 5) is 18.5. The van der Waals surface area contributed by atoms with Crippen LogP contribution in [-0.2, 0) is 11.3 Å². The van der Waals surface area contributed by atoms with E-state index in [1.54, 1.807) is 0 Å². The third kappa shape index (κ3) is 5.54. The van der Waals surface area contributed by atoms with Crippen LogP contribution >= 0.6 is 23.2 Å². The highest BCUT2D eigenvalue weighted by molar-refractivity contribution is 6.32. The Labute approximate surface area is 209 Å². The molecule has 1 saturated carbocycles. The zero-order valence-corrected chi connectivity index (χ0v) is 20.4. The van der Waals surface area contributed by atoms with Crippen LogP contribution in [0.2, 0.25) is 10.4 Å². The number of amides is 1.